The quantitative estimate of drug-likeness (QED) is 0.848. The van der Waals surface area contributed by atoms with Crippen LogP contribution in [0.4, 0.5) is 5.13 Å². The summed E-state index contributed by atoms with van der Waals surface area (Å²) in [7, 11) is 0. The number of aromatic nitrogens is 1. The third-order valence-electron chi connectivity index (χ3n) is 3.02. The highest BCUT2D eigenvalue weighted by Crippen LogP contribution is 2.28. The fraction of sp³-hybridized carbons (Fsp3) is 0.500. The van der Waals surface area contributed by atoms with Crippen LogP contribution in [-0.4, -0.2) is 11.5 Å². The lowest BCUT2D eigenvalue weighted by atomic mass is 10.2. The van der Waals surface area contributed by atoms with Crippen molar-refractivity contribution in [3.05, 3.63) is 33.0 Å². The van der Waals surface area contributed by atoms with Crippen molar-refractivity contribution >= 4 is 27.8 Å². The van der Waals surface area contributed by atoms with Crippen LogP contribution in [0.1, 0.15) is 35.7 Å². The minimum Gasteiger partial charge on any atom is -0.343 e. The maximum atomic E-state index is 5.83. The lowest BCUT2D eigenvalue weighted by Gasteiger charge is -2.18. The second-order valence-electron chi connectivity index (χ2n) is 4.41. The molecule has 0 saturated heterocycles. The molecule has 0 aromatic carbocycles. The first-order chi connectivity index (χ1) is 9.28. The highest BCUT2D eigenvalue weighted by molar-refractivity contribution is 7.15. The first-order valence-electron chi connectivity index (χ1n) is 6.74. The van der Waals surface area contributed by atoms with E-state index in [2.05, 4.69) is 36.3 Å². The molecule has 0 atom stereocenters. The molecule has 2 rings (SSSR count). The number of thiazole rings is 1. The number of rotatable bonds is 7. The Hall–Kier alpha value is -0.910. The predicted octanol–water partition coefficient (Wildman–Crippen LogP) is 3.64. The molecule has 0 unspecified atom stereocenters. The SMILES string of the molecule is CCCc1nc(N(CC)Cc2cccs2)sc1CN. The number of nitrogens with two attached hydrogens (primary N) is 1. The van der Waals surface area contributed by atoms with E-state index in [-0.39, 0.29) is 0 Å². The van der Waals surface area contributed by atoms with Gasteiger partial charge in [0, 0.05) is 22.8 Å². The minimum atomic E-state index is 0.601. The predicted molar refractivity (Wildman–Crippen MR) is 85.0 cm³/mol. The van der Waals surface area contributed by atoms with E-state index < -0.39 is 0 Å². The van der Waals surface area contributed by atoms with Crippen molar-refractivity contribution < 1.29 is 0 Å². The molecule has 2 N–H and O–H groups in total. The Balaban J connectivity index is 2.18. The fourth-order valence-corrected chi connectivity index (χ4v) is 3.77. The van der Waals surface area contributed by atoms with Crippen molar-refractivity contribution in [1.29, 1.82) is 0 Å². The van der Waals surface area contributed by atoms with Crippen LogP contribution in [0.3, 0.4) is 0 Å². The molecule has 3 nitrogen and oxygen atoms in total. The van der Waals surface area contributed by atoms with E-state index in [1.165, 1.54) is 15.4 Å². The first kappa shape index (κ1) is 14.5. The molecule has 104 valence electrons. The van der Waals surface area contributed by atoms with Crippen molar-refractivity contribution in [2.24, 2.45) is 5.73 Å². The van der Waals surface area contributed by atoms with Gasteiger partial charge in [-0.1, -0.05) is 19.4 Å². The maximum Gasteiger partial charge on any atom is 0.186 e. The number of hydrogen-bond acceptors (Lipinski definition) is 5. The average molecular weight is 295 g/mol. The summed E-state index contributed by atoms with van der Waals surface area (Å²) in [5, 5.41) is 3.23. The van der Waals surface area contributed by atoms with Crippen LogP contribution in [0.5, 0.6) is 0 Å². The zero-order valence-corrected chi connectivity index (χ0v) is 13.2. The molecule has 0 saturated carbocycles. The summed E-state index contributed by atoms with van der Waals surface area (Å²) in [6.07, 6.45) is 2.15. The van der Waals surface area contributed by atoms with Crippen LogP contribution < -0.4 is 10.6 Å². The normalized spacial score (nSPS) is 10.9. The standard InChI is InChI=1S/C14H21N3S2/c1-3-6-12-13(9-15)19-14(16-12)17(4-2)10-11-7-5-8-18-11/h5,7-8H,3-4,6,9-10,15H2,1-2H3. The van der Waals surface area contributed by atoms with Gasteiger partial charge in [-0.25, -0.2) is 4.98 Å². The molecule has 0 aliphatic heterocycles. The van der Waals surface area contributed by atoms with Gasteiger partial charge < -0.3 is 10.6 Å². The molecule has 0 aliphatic carbocycles. The van der Waals surface area contributed by atoms with E-state index in [1.54, 1.807) is 22.7 Å². The summed E-state index contributed by atoms with van der Waals surface area (Å²) in [4.78, 5) is 9.74. The van der Waals surface area contributed by atoms with E-state index >= 15 is 0 Å². The topological polar surface area (TPSA) is 42.2 Å². The van der Waals surface area contributed by atoms with E-state index in [0.29, 0.717) is 6.54 Å². The summed E-state index contributed by atoms with van der Waals surface area (Å²) < 4.78 is 0. The summed E-state index contributed by atoms with van der Waals surface area (Å²) in [5.41, 5.74) is 7.02. The van der Waals surface area contributed by atoms with Crippen LogP contribution in [0.15, 0.2) is 17.5 Å². The van der Waals surface area contributed by atoms with Gasteiger partial charge in [-0.3, -0.25) is 0 Å². The van der Waals surface area contributed by atoms with Crippen LogP contribution in [0, 0.1) is 0 Å². The van der Waals surface area contributed by atoms with Crippen LogP contribution in [-0.2, 0) is 19.5 Å². The number of anilines is 1. The zero-order chi connectivity index (χ0) is 13.7. The Morgan fingerprint density at radius 1 is 1.37 bits per heavy atom. The number of thiophene rings is 1. The smallest absolute Gasteiger partial charge is 0.186 e. The van der Waals surface area contributed by atoms with Crippen molar-refractivity contribution in [1.82, 2.24) is 4.98 Å². The molecule has 2 aromatic heterocycles. The fourth-order valence-electron chi connectivity index (χ4n) is 2.00. The van der Waals surface area contributed by atoms with Crippen LogP contribution in [0.2, 0.25) is 0 Å². The molecule has 0 aliphatic rings. The van der Waals surface area contributed by atoms with Gasteiger partial charge in [-0.05, 0) is 24.8 Å². The molecule has 5 heteroatoms. The maximum absolute atomic E-state index is 5.83. The number of nitrogens with zero attached hydrogens (tertiary/aromatic N) is 2. The van der Waals surface area contributed by atoms with Gasteiger partial charge in [0.1, 0.15) is 0 Å². The summed E-state index contributed by atoms with van der Waals surface area (Å²) in [5.74, 6) is 0. The van der Waals surface area contributed by atoms with Gasteiger partial charge in [0.2, 0.25) is 0 Å². The lowest BCUT2D eigenvalue weighted by Crippen LogP contribution is -2.21. The third-order valence-corrected chi connectivity index (χ3v) is 5.06. The molecule has 0 radical (unpaired) electrons. The monoisotopic (exact) mass is 295 g/mol. The molecule has 2 aromatic rings. The third kappa shape index (κ3) is 3.55. The van der Waals surface area contributed by atoms with Crippen LogP contribution >= 0.6 is 22.7 Å². The van der Waals surface area contributed by atoms with Gasteiger partial charge in [0.25, 0.3) is 0 Å². The number of hydrogen-bond donors (Lipinski definition) is 1. The lowest BCUT2D eigenvalue weighted by molar-refractivity contribution is 0.819. The van der Waals surface area contributed by atoms with Crippen molar-refractivity contribution in [3.8, 4) is 0 Å². The molecule has 0 spiro atoms. The van der Waals surface area contributed by atoms with Crippen molar-refractivity contribution in [2.75, 3.05) is 11.4 Å². The molecule has 2 heterocycles. The minimum absolute atomic E-state index is 0.601. The second-order valence-corrected chi connectivity index (χ2v) is 6.51. The zero-order valence-electron chi connectivity index (χ0n) is 11.6. The van der Waals surface area contributed by atoms with Gasteiger partial charge in [-0.2, -0.15) is 0 Å². The van der Waals surface area contributed by atoms with Gasteiger partial charge >= 0.3 is 0 Å². The molecule has 0 bridgehead atoms. The average Bonchev–Trinajstić information content (AvgIpc) is 3.05. The molecule has 19 heavy (non-hydrogen) atoms. The second kappa shape index (κ2) is 7.03. The number of aryl methyl sites for hydroxylation is 1. The van der Waals surface area contributed by atoms with Gasteiger partial charge in [0.15, 0.2) is 5.13 Å². The van der Waals surface area contributed by atoms with Gasteiger partial charge in [-0.15, -0.1) is 22.7 Å². The molecular formula is C14H21N3S2. The summed E-state index contributed by atoms with van der Waals surface area (Å²) in [6.45, 7) is 6.88. The van der Waals surface area contributed by atoms with E-state index in [9.17, 15) is 0 Å². The Kier molecular flexibility index (Phi) is 5.36. The summed E-state index contributed by atoms with van der Waals surface area (Å²) >= 11 is 3.55. The van der Waals surface area contributed by atoms with E-state index in [1.807, 2.05) is 0 Å². The highest BCUT2D eigenvalue weighted by Gasteiger charge is 2.14. The van der Waals surface area contributed by atoms with Crippen molar-refractivity contribution in [2.45, 2.75) is 39.8 Å². The largest absolute Gasteiger partial charge is 0.343 e. The van der Waals surface area contributed by atoms with Crippen LogP contribution in [0.25, 0.3) is 0 Å². The Morgan fingerprint density at radius 2 is 2.21 bits per heavy atom. The van der Waals surface area contributed by atoms with Gasteiger partial charge in [0.05, 0.1) is 12.2 Å². The Labute approximate surface area is 123 Å². The highest BCUT2D eigenvalue weighted by atomic mass is 32.1. The van der Waals surface area contributed by atoms with E-state index in [4.69, 9.17) is 10.7 Å². The summed E-state index contributed by atoms with van der Waals surface area (Å²) in [6, 6.07) is 4.28. The first-order valence-corrected chi connectivity index (χ1v) is 8.44. The Morgan fingerprint density at radius 3 is 2.79 bits per heavy atom. The Bertz CT molecular complexity index is 491. The molecule has 0 fully saturated rings. The van der Waals surface area contributed by atoms with E-state index in [0.717, 1.165) is 31.1 Å². The van der Waals surface area contributed by atoms with Crippen molar-refractivity contribution in [3.63, 3.8) is 0 Å². The molecular weight excluding hydrogens is 274 g/mol. The molecule has 0 amide bonds.